The van der Waals surface area contributed by atoms with Gasteiger partial charge >= 0.3 is 6.09 Å². The lowest BCUT2D eigenvalue weighted by Gasteiger charge is -2.24. The summed E-state index contributed by atoms with van der Waals surface area (Å²) in [5.74, 6) is 0.720. The molecule has 23 heavy (non-hydrogen) atoms. The second-order valence-electron chi connectivity index (χ2n) is 6.48. The lowest BCUT2D eigenvalue weighted by Crippen LogP contribution is -2.33. The molecule has 2 heterocycles. The highest BCUT2D eigenvalue weighted by atomic mass is 35.5. The standard InChI is InChI=1S/C16H17Cl2N3O2/c1-16(2,3)23-15(22)21-7-12-13(8-21)20-14(19-12)9-4-5-10(17)11(18)6-9/h4-6H,7-8H2,1-3H3,(H,19,20). The van der Waals surface area contributed by atoms with Gasteiger partial charge in [0, 0.05) is 5.56 Å². The van der Waals surface area contributed by atoms with Gasteiger partial charge in [0.05, 0.1) is 34.5 Å². The molecule has 0 unspecified atom stereocenters. The number of aromatic amines is 1. The summed E-state index contributed by atoms with van der Waals surface area (Å²) in [6, 6.07) is 5.36. The molecule has 1 aliphatic heterocycles. The minimum atomic E-state index is -0.508. The fraction of sp³-hybridized carbons (Fsp3) is 0.375. The van der Waals surface area contributed by atoms with E-state index < -0.39 is 5.60 Å². The Labute approximate surface area is 144 Å². The van der Waals surface area contributed by atoms with Crippen molar-refractivity contribution in [3.8, 4) is 11.4 Å². The molecule has 0 fully saturated rings. The summed E-state index contributed by atoms with van der Waals surface area (Å²) < 4.78 is 5.38. The van der Waals surface area contributed by atoms with Crippen LogP contribution in [0.2, 0.25) is 10.0 Å². The van der Waals surface area contributed by atoms with Crippen molar-refractivity contribution in [2.45, 2.75) is 39.5 Å². The first kappa shape index (κ1) is 16.1. The second kappa shape index (κ2) is 5.73. The predicted octanol–water partition coefficient (Wildman–Crippen LogP) is 4.63. The Balaban J connectivity index is 1.75. The van der Waals surface area contributed by atoms with Gasteiger partial charge in [0.2, 0.25) is 0 Å². The zero-order valence-corrected chi connectivity index (χ0v) is 14.6. The Morgan fingerprint density at radius 2 is 2.00 bits per heavy atom. The van der Waals surface area contributed by atoms with E-state index in [-0.39, 0.29) is 6.09 Å². The maximum Gasteiger partial charge on any atom is 0.410 e. The average molecular weight is 354 g/mol. The SMILES string of the molecule is CC(C)(C)OC(=O)N1Cc2nc(-c3ccc(Cl)c(Cl)c3)[nH]c2C1. The monoisotopic (exact) mass is 353 g/mol. The van der Waals surface area contributed by atoms with Crippen molar-refractivity contribution in [1.29, 1.82) is 0 Å². The van der Waals surface area contributed by atoms with Gasteiger partial charge in [0.1, 0.15) is 11.4 Å². The second-order valence-corrected chi connectivity index (χ2v) is 7.29. The highest BCUT2D eigenvalue weighted by Crippen LogP contribution is 2.30. The highest BCUT2D eigenvalue weighted by molar-refractivity contribution is 6.42. The third-order valence-corrected chi connectivity index (χ3v) is 4.14. The summed E-state index contributed by atoms with van der Waals surface area (Å²) in [5, 5.41) is 0.988. The fourth-order valence-electron chi connectivity index (χ4n) is 2.37. The van der Waals surface area contributed by atoms with Crippen LogP contribution in [0.25, 0.3) is 11.4 Å². The maximum absolute atomic E-state index is 12.1. The lowest BCUT2D eigenvalue weighted by molar-refractivity contribution is 0.0239. The average Bonchev–Trinajstić information content (AvgIpc) is 2.98. The van der Waals surface area contributed by atoms with E-state index in [4.69, 9.17) is 27.9 Å². The molecule has 0 radical (unpaired) electrons. The molecule has 1 aromatic heterocycles. The smallest absolute Gasteiger partial charge is 0.410 e. The summed E-state index contributed by atoms with van der Waals surface area (Å²) in [5.41, 5.74) is 2.11. The van der Waals surface area contributed by atoms with Gasteiger partial charge < -0.3 is 9.72 Å². The number of aromatic nitrogens is 2. The van der Waals surface area contributed by atoms with Crippen LogP contribution in [0.4, 0.5) is 4.79 Å². The van der Waals surface area contributed by atoms with Crippen LogP contribution in [0.5, 0.6) is 0 Å². The van der Waals surface area contributed by atoms with Crippen LogP contribution in [-0.4, -0.2) is 26.6 Å². The summed E-state index contributed by atoms with van der Waals surface area (Å²) in [4.78, 5) is 21.5. The Bertz CT molecular complexity index is 742. The van der Waals surface area contributed by atoms with Crippen LogP contribution >= 0.6 is 23.2 Å². The summed E-state index contributed by atoms with van der Waals surface area (Å²) in [7, 11) is 0. The number of H-pyrrole nitrogens is 1. The molecule has 3 rings (SSSR count). The third-order valence-electron chi connectivity index (χ3n) is 3.40. The molecule has 0 bridgehead atoms. The Kier molecular flexibility index (Phi) is 4.02. The van der Waals surface area contributed by atoms with Crippen LogP contribution in [0.15, 0.2) is 18.2 Å². The topological polar surface area (TPSA) is 58.2 Å². The molecule has 7 heteroatoms. The molecule has 0 spiro atoms. The number of nitrogens with one attached hydrogen (secondary N) is 1. The van der Waals surface area contributed by atoms with Gasteiger partial charge in [-0.2, -0.15) is 0 Å². The number of halogens is 2. The zero-order valence-electron chi connectivity index (χ0n) is 13.1. The van der Waals surface area contributed by atoms with Crippen LogP contribution in [0, 0.1) is 0 Å². The number of rotatable bonds is 1. The van der Waals surface area contributed by atoms with E-state index in [1.165, 1.54) is 0 Å². The van der Waals surface area contributed by atoms with E-state index in [9.17, 15) is 4.79 Å². The van der Waals surface area contributed by atoms with E-state index in [1.54, 1.807) is 17.0 Å². The third kappa shape index (κ3) is 3.46. The number of carbonyl (C=O) groups is 1. The molecule has 0 saturated heterocycles. The van der Waals surface area contributed by atoms with Crippen LogP contribution in [-0.2, 0) is 17.8 Å². The first-order valence-electron chi connectivity index (χ1n) is 7.24. The number of amides is 1. The number of fused-ring (bicyclic) bond motifs is 1. The van der Waals surface area contributed by atoms with Gasteiger partial charge in [-0.15, -0.1) is 0 Å². The molecule has 0 saturated carbocycles. The maximum atomic E-state index is 12.1. The molecule has 122 valence electrons. The van der Waals surface area contributed by atoms with E-state index in [1.807, 2.05) is 26.8 Å². The van der Waals surface area contributed by atoms with Crippen molar-refractivity contribution in [3.63, 3.8) is 0 Å². The molecular weight excluding hydrogens is 337 g/mol. The Morgan fingerprint density at radius 1 is 1.26 bits per heavy atom. The number of imidazole rings is 1. The van der Waals surface area contributed by atoms with E-state index in [2.05, 4.69) is 9.97 Å². The molecule has 0 atom stereocenters. The molecule has 2 aromatic rings. The lowest BCUT2D eigenvalue weighted by atomic mass is 10.2. The molecule has 0 aliphatic carbocycles. The molecule has 1 aliphatic rings. The van der Waals surface area contributed by atoms with Crippen molar-refractivity contribution in [2.75, 3.05) is 0 Å². The summed E-state index contributed by atoms with van der Waals surface area (Å²) in [6.07, 6.45) is -0.333. The summed E-state index contributed by atoms with van der Waals surface area (Å²) in [6.45, 7) is 6.43. The molecule has 1 amide bonds. The first-order valence-corrected chi connectivity index (χ1v) is 7.99. The fourth-order valence-corrected chi connectivity index (χ4v) is 2.67. The van der Waals surface area contributed by atoms with Gasteiger partial charge in [0.15, 0.2) is 0 Å². The number of benzene rings is 1. The minimum absolute atomic E-state index is 0.333. The van der Waals surface area contributed by atoms with Gasteiger partial charge in [-0.1, -0.05) is 23.2 Å². The number of hydrogen-bond donors (Lipinski definition) is 1. The summed E-state index contributed by atoms with van der Waals surface area (Å²) >= 11 is 12.0. The van der Waals surface area contributed by atoms with Crippen molar-refractivity contribution in [1.82, 2.24) is 14.9 Å². The van der Waals surface area contributed by atoms with E-state index in [0.29, 0.717) is 23.1 Å². The van der Waals surface area contributed by atoms with Crippen LogP contribution in [0.1, 0.15) is 32.2 Å². The van der Waals surface area contributed by atoms with Crippen LogP contribution < -0.4 is 0 Å². The van der Waals surface area contributed by atoms with Crippen molar-refractivity contribution in [2.24, 2.45) is 0 Å². The van der Waals surface area contributed by atoms with Crippen molar-refractivity contribution in [3.05, 3.63) is 39.6 Å². The molecule has 1 aromatic carbocycles. The predicted molar refractivity (Wildman–Crippen MR) is 89.5 cm³/mol. The minimum Gasteiger partial charge on any atom is -0.444 e. The van der Waals surface area contributed by atoms with Gasteiger partial charge in [0.25, 0.3) is 0 Å². The largest absolute Gasteiger partial charge is 0.444 e. The number of ether oxygens (including phenoxy) is 1. The zero-order chi connectivity index (χ0) is 16.8. The molecule has 5 nitrogen and oxygen atoms in total. The van der Waals surface area contributed by atoms with E-state index >= 15 is 0 Å². The molecule has 1 N–H and O–H groups in total. The van der Waals surface area contributed by atoms with Crippen LogP contribution in [0.3, 0.4) is 0 Å². The van der Waals surface area contributed by atoms with Crippen molar-refractivity contribution < 1.29 is 9.53 Å². The van der Waals surface area contributed by atoms with Gasteiger partial charge in [-0.05, 0) is 39.0 Å². The van der Waals surface area contributed by atoms with Gasteiger partial charge in [-0.25, -0.2) is 9.78 Å². The Morgan fingerprint density at radius 3 is 2.61 bits per heavy atom. The molecular formula is C16H17Cl2N3O2. The first-order chi connectivity index (χ1) is 10.7. The Hall–Kier alpha value is -1.72. The highest BCUT2D eigenvalue weighted by Gasteiger charge is 2.30. The quantitative estimate of drug-likeness (QED) is 0.812. The van der Waals surface area contributed by atoms with Crippen molar-refractivity contribution >= 4 is 29.3 Å². The van der Waals surface area contributed by atoms with E-state index in [0.717, 1.165) is 22.8 Å². The van der Waals surface area contributed by atoms with Gasteiger partial charge in [-0.3, -0.25) is 4.90 Å². The number of nitrogens with zero attached hydrogens (tertiary/aromatic N) is 2. The number of carbonyl (C=O) groups excluding carboxylic acids is 1. The normalized spacial score (nSPS) is 14.0. The number of hydrogen-bond acceptors (Lipinski definition) is 3.